The van der Waals surface area contributed by atoms with Crippen LogP contribution >= 0.6 is 35.0 Å². The van der Waals surface area contributed by atoms with E-state index in [9.17, 15) is 9.59 Å². The van der Waals surface area contributed by atoms with Crippen molar-refractivity contribution < 1.29 is 9.59 Å². The monoisotopic (exact) mass is 489 g/mol. The minimum Gasteiger partial charge on any atom is -0.342 e. The van der Waals surface area contributed by atoms with Crippen molar-refractivity contribution in [1.82, 2.24) is 20.1 Å². The minimum atomic E-state index is -0.394. The van der Waals surface area contributed by atoms with Gasteiger partial charge in [0.15, 0.2) is 11.0 Å². The second-order valence-electron chi connectivity index (χ2n) is 6.77. The molecule has 7 nitrogen and oxygen atoms in total. The summed E-state index contributed by atoms with van der Waals surface area (Å²) in [6, 6.07) is 13.4. The van der Waals surface area contributed by atoms with Gasteiger partial charge in [-0.05, 0) is 37.3 Å². The number of nitrogens with zero attached hydrogens (tertiary/aromatic N) is 3. The maximum atomic E-state index is 12.5. The van der Waals surface area contributed by atoms with E-state index in [-0.39, 0.29) is 17.6 Å². The molecule has 1 heterocycles. The minimum absolute atomic E-state index is 0.111. The van der Waals surface area contributed by atoms with Crippen molar-refractivity contribution in [2.24, 2.45) is 0 Å². The number of thioether (sulfide) groups is 1. The SMILES string of the molecule is C=CCn1c(SCC(=O)Nc2ccc(Cl)c(Cl)c2)nnc1[C@H](C)NC(=O)c1ccccc1. The molecule has 0 spiro atoms. The Bertz CT molecular complexity index is 1120. The van der Waals surface area contributed by atoms with Gasteiger partial charge in [-0.1, -0.05) is 59.2 Å². The van der Waals surface area contributed by atoms with Crippen molar-refractivity contribution in [3.63, 3.8) is 0 Å². The van der Waals surface area contributed by atoms with Gasteiger partial charge in [0.1, 0.15) is 0 Å². The van der Waals surface area contributed by atoms with Crippen LogP contribution in [0.2, 0.25) is 10.0 Å². The number of halogens is 2. The molecule has 0 saturated carbocycles. The predicted molar refractivity (Wildman–Crippen MR) is 128 cm³/mol. The summed E-state index contributed by atoms with van der Waals surface area (Å²) in [5.74, 6) is 0.247. The summed E-state index contributed by atoms with van der Waals surface area (Å²) >= 11 is 13.1. The lowest BCUT2D eigenvalue weighted by molar-refractivity contribution is -0.113. The Kier molecular flexibility index (Phi) is 8.33. The van der Waals surface area contributed by atoms with Crippen LogP contribution in [0.3, 0.4) is 0 Å². The summed E-state index contributed by atoms with van der Waals surface area (Å²) < 4.78 is 1.82. The normalized spacial score (nSPS) is 11.6. The van der Waals surface area contributed by atoms with Gasteiger partial charge in [0.05, 0.1) is 21.8 Å². The Morgan fingerprint density at radius 3 is 2.59 bits per heavy atom. The van der Waals surface area contributed by atoms with E-state index in [1.54, 1.807) is 48.5 Å². The van der Waals surface area contributed by atoms with Crippen molar-refractivity contribution in [3.05, 3.63) is 82.6 Å². The smallest absolute Gasteiger partial charge is 0.251 e. The number of anilines is 1. The molecule has 0 aliphatic rings. The fourth-order valence-corrected chi connectivity index (χ4v) is 3.92. The number of nitrogens with one attached hydrogen (secondary N) is 2. The maximum absolute atomic E-state index is 12.5. The van der Waals surface area contributed by atoms with E-state index in [4.69, 9.17) is 23.2 Å². The first-order valence-corrected chi connectivity index (χ1v) is 11.4. The first-order valence-electron chi connectivity index (χ1n) is 9.66. The fraction of sp³-hybridized carbons (Fsp3) is 0.182. The van der Waals surface area contributed by atoms with Gasteiger partial charge < -0.3 is 15.2 Å². The average Bonchev–Trinajstić information content (AvgIpc) is 3.18. The molecule has 1 aromatic heterocycles. The third-order valence-electron chi connectivity index (χ3n) is 4.36. The van der Waals surface area contributed by atoms with Crippen molar-refractivity contribution in [2.75, 3.05) is 11.1 Å². The van der Waals surface area contributed by atoms with Gasteiger partial charge in [0.25, 0.3) is 5.91 Å². The second-order valence-corrected chi connectivity index (χ2v) is 8.52. The van der Waals surface area contributed by atoms with Crippen molar-refractivity contribution in [1.29, 1.82) is 0 Å². The molecule has 0 saturated heterocycles. The van der Waals surface area contributed by atoms with Gasteiger partial charge in [-0.2, -0.15) is 0 Å². The summed E-state index contributed by atoms with van der Waals surface area (Å²) in [6.07, 6.45) is 1.71. The van der Waals surface area contributed by atoms with Crippen LogP contribution in [-0.2, 0) is 11.3 Å². The number of rotatable bonds is 9. The zero-order valence-electron chi connectivity index (χ0n) is 17.2. The average molecular weight is 490 g/mol. The fourth-order valence-electron chi connectivity index (χ4n) is 2.86. The standard InChI is InChI=1S/C22H21Cl2N5O2S/c1-3-11-29-20(14(2)25-21(31)15-7-5-4-6-8-15)27-28-22(29)32-13-19(30)26-16-9-10-17(23)18(24)12-16/h3-10,12,14H,1,11,13H2,2H3,(H,25,31)(H,26,30)/t14-/m0/s1. The molecule has 0 radical (unpaired) electrons. The van der Waals surface area contributed by atoms with Gasteiger partial charge >= 0.3 is 0 Å². The molecular weight excluding hydrogens is 469 g/mol. The van der Waals surface area contributed by atoms with Crippen LogP contribution in [0.25, 0.3) is 0 Å². The summed E-state index contributed by atoms with van der Waals surface area (Å²) in [6.45, 7) is 6.04. The number of hydrogen-bond acceptors (Lipinski definition) is 5. The number of benzene rings is 2. The van der Waals surface area contributed by atoms with E-state index in [1.807, 2.05) is 17.6 Å². The van der Waals surface area contributed by atoms with Crippen molar-refractivity contribution >= 4 is 52.5 Å². The highest BCUT2D eigenvalue weighted by Crippen LogP contribution is 2.26. The molecule has 10 heteroatoms. The Labute approximate surface area is 200 Å². The highest BCUT2D eigenvalue weighted by Gasteiger charge is 2.20. The van der Waals surface area contributed by atoms with Crippen LogP contribution in [0.15, 0.2) is 66.3 Å². The zero-order valence-corrected chi connectivity index (χ0v) is 19.5. The molecule has 32 heavy (non-hydrogen) atoms. The number of carbonyl (C=O) groups is 2. The molecular formula is C22H21Cl2N5O2S. The third kappa shape index (κ3) is 6.12. The molecule has 2 aromatic carbocycles. The van der Waals surface area contributed by atoms with Crippen LogP contribution in [0, 0.1) is 0 Å². The van der Waals surface area contributed by atoms with Gasteiger partial charge in [0, 0.05) is 17.8 Å². The lowest BCUT2D eigenvalue weighted by Gasteiger charge is -2.15. The van der Waals surface area contributed by atoms with E-state index >= 15 is 0 Å². The van der Waals surface area contributed by atoms with Crippen molar-refractivity contribution in [2.45, 2.75) is 24.7 Å². The quantitative estimate of drug-likeness (QED) is 0.326. The maximum Gasteiger partial charge on any atom is 0.251 e. The molecule has 166 valence electrons. The topological polar surface area (TPSA) is 88.9 Å². The Morgan fingerprint density at radius 2 is 1.91 bits per heavy atom. The highest BCUT2D eigenvalue weighted by atomic mass is 35.5. The molecule has 0 aliphatic carbocycles. The van der Waals surface area contributed by atoms with E-state index in [2.05, 4.69) is 27.4 Å². The lowest BCUT2D eigenvalue weighted by atomic mass is 10.2. The first-order chi connectivity index (χ1) is 15.4. The predicted octanol–water partition coefficient (Wildman–Crippen LogP) is 4.99. The zero-order chi connectivity index (χ0) is 23.1. The molecule has 0 unspecified atom stereocenters. The van der Waals surface area contributed by atoms with Crippen LogP contribution in [-0.4, -0.2) is 32.3 Å². The number of allylic oxidation sites excluding steroid dienone is 1. The number of carbonyl (C=O) groups excluding carboxylic acids is 2. The molecule has 2 N–H and O–H groups in total. The molecule has 2 amide bonds. The van der Waals surface area contributed by atoms with Gasteiger partial charge in [-0.3, -0.25) is 9.59 Å². The molecule has 0 aliphatic heterocycles. The van der Waals surface area contributed by atoms with Gasteiger partial charge in [0.2, 0.25) is 5.91 Å². The molecule has 3 rings (SSSR count). The van der Waals surface area contributed by atoms with Crippen LogP contribution < -0.4 is 10.6 Å². The molecule has 0 bridgehead atoms. The van der Waals surface area contributed by atoms with Gasteiger partial charge in [-0.15, -0.1) is 16.8 Å². The van der Waals surface area contributed by atoms with E-state index in [1.165, 1.54) is 11.8 Å². The number of amides is 2. The van der Waals surface area contributed by atoms with Crippen molar-refractivity contribution in [3.8, 4) is 0 Å². The summed E-state index contributed by atoms with van der Waals surface area (Å²) in [5, 5.41) is 15.4. The van der Waals surface area contributed by atoms with Crippen LogP contribution in [0.5, 0.6) is 0 Å². The van der Waals surface area contributed by atoms with Crippen LogP contribution in [0.4, 0.5) is 5.69 Å². The molecule has 3 aromatic rings. The summed E-state index contributed by atoms with van der Waals surface area (Å²) in [5.41, 5.74) is 1.11. The first kappa shape index (κ1) is 23.8. The summed E-state index contributed by atoms with van der Waals surface area (Å²) in [7, 11) is 0. The number of hydrogen-bond donors (Lipinski definition) is 2. The van der Waals surface area contributed by atoms with E-state index < -0.39 is 6.04 Å². The summed E-state index contributed by atoms with van der Waals surface area (Å²) in [4.78, 5) is 24.8. The molecule has 0 fully saturated rings. The number of aromatic nitrogens is 3. The van der Waals surface area contributed by atoms with E-state index in [0.29, 0.717) is 38.8 Å². The largest absolute Gasteiger partial charge is 0.342 e. The second kappa shape index (κ2) is 11.2. The Hall–Kier alpha value is -2.81. The Morgan fingerprint density at radius 1 is 1.16 bits per heavy atom. The molecule has 1 atom stereocenters. The highest BCUT2D eigenvalue weighted by molar-refractivity contribution is 7.99. The van der Waals surface area contributed by atoms with Crippen LogP contribution in [0.1, 0.15) is 29.1 Å². The lowest BCUT2D eigenvalue weighted by Crippen LogP contribution is -2.28. The Balaban J connectivity index is 1.65. The van der Waals surface area contributed by atoms with Gasteiger partial charge in [-0.25, -0.2) is 0 Å². The van der Waals surface area contributed by atoms with E-state index in [0.717, 1.165) is 0 Å². The third-order valence-corrected chi connectivity index (χ3v) is 6.07.